The fraction of sp³-hybridized carbons (Fsp3) is 0.286. The molecule has 2 aromatic carbocycles. The first-order chi connectivity index (χ1) is 13.1. The Kier molecular flexibility index (Phi) is 5.96. The Balaban J connectivity index is 1.67. The maximum Gasteiger partial charge on any atom is 0.253 e. The zero-order valence-corrected chi connectivity index (χ0v) is 15.5. The first kappa shape index (κ1) is 18.8. The SMILES string of the molecule is CCCN(CCc1nc(-c2ccc(C)cc2)no1)C(=O)c1cccc(F)c1. The van der Waals surface area contributed by atoms with Gasteiger partial charge in [0.15, 0.2) is 0 Å². The van der Waals surface area contributed by atoms with Crippen LogP contribution in [0.2, 0.25) is 0 Å². The van der Waals surface area contributed by atoms with E-state index in [2.05, 4.69) is 10.1 Å². The lowest BCUT2D eigenvalue weighted by atomic mass is 10.1. The van der Waals surface area contributed by atoms with E-state index < -0.39 is 5.82 Å². The number of nitrogens with zero attached hydrogens (tertiary/aromatic N) is 3. The van der Waals surface area contributed by atoms with Gasteiger partial charge in [0, 0.05) is 30.6 Å². The van der Waals surface area contributed by atoms with Crippen molar-refractivity contribution in [1.82, 2.24) is 15.0 Å². The second-order valence-corrected chi connectivity index (χ2v) is 6.43. The van der Waals surface area contributed by atoms with Gasteiger partial charge in [0.05, 0.1) is 0 Å². The maximum absolute atomic E-state index is 13.4. The molecule has 3 aromatic rings. The number of halogens is 1. The smallest absolute Gasteiger partial charge is 0.253 e. The Morgan fingerprint density at radius 2 is 1.93 bits per heavy atom. The fourth-order valence-corrected chi connectivity index (χ4v) is 2.80. The summed E-state index contributed by atoms with van der Waals surface area (Å²) < 4.78 is 18.7. The number of benzene rings is 2. The number of carbonyl (C=O) groups excluding carboxylic acids is 1. The summed E-state index contributed by atoms with van der Waals surface area (Å²) in [6, 6.07) is 13.6. The van der Waals surface area contributed by atoms with E-state index >= 15 is 0 Å². The van der Waals surface area contributed by atoms with Crippen molar-refractivity contribution < 1.29 is 13.7 Å². The summed E-state index contributed by atoms with van der Waals surface area (Å²) in [6.07, 6.45) is 1.25. The minimum Gasteiger partial charge on any atom is -0.339 e. The molecular formula is C21H22FN3O2. The van der Waals surface area contributed by atoms with E-state index in [1.54, 1.807) is 17.0 Å². The molecule has 0 saturated heterocycles. The van der Waals surface area contributed by atoms with Crippen molar-refractivity contribution in [2.45, 2.75) is 26.7 Å². The highest BCUT2D eigenvalue weighted by atomic mass is 19.1. The number of hydrogen-bond acceptors (Lipinski definition) is 4. The van der Waals surface area contributed by atoms with E-state index in [4.69, 9.17) is 4.52 Å². The standard InChI is InChI=1S/C21H22FN3O2/c1-3-12-25(21(26)17-5-4-6-18(22)14-17)13-11-19-23-20(24-27-19)16-9-7-15(2)8-10-16/h4-10,14H,3,11-13H2,1-2H3. The van der Waals surface area contributed by atoms with Crippen molar-refractivity contribution in [3.8, 4) is 11.4 Å². The lowest BCUT2D eigenvalue weighted by Crippen LogP contribution is -2.33. The average molecular weight is 367 g/mol. The number of aryl methyl sites for hydroxylation is 1. The van der Waals surface area contributed by atoms with Gasteiger partial charge in [0.2, 0.25) is 11.7 Å². The molecule has 0 bridgehead atoms. The third-order valence-corrected chi connectivity index (χ3v) is 4.23. The Labute approximate surface area is 157 Å². The largest absolute Gasteiger partial charge is 0.339 e. The molecule has 0 aliphatic rings. The highest BCUT2D eigenvalue weighted by Gasteiger charge is 2.17. The fourth-order valence-electron chi connectivity index (χ4n) is 2.80. The molecule has 6 heteroatoms. The Morgan fingerprint density at radius 1 is 1.15 bits per heavy atom. The van der Waals surface area contributed by atoms with Crippen LogP contribution in [-0.2, 0) is 6.42 Å². The van der Waals surface area contributed by atoms with Crippen LogP contribution < -0.4 is 0 Å². The van der Waals surface area contributed by atoms with Crippen LogP contribution in [0.4, 0.5) is 4.39 Å². The first-order valence-electron chi connectivity index (χ1n) is 9.01. The minimum absolute atomic E-state index is 0.199. The molecule has 0 spiro atoms. The van der Waals surface area contributed by atoms with Crippen molar-refractivity contribution in [2.24, 2.45) is 0 Å². The van der Waals surface area contributed by atoms with Gasteiger partial charge in [-0.1, -0.05) is 48.0 Å². The van der Waals surface area contributed by atoms with Crippen molar-refractivity contribution in [3.63, 3.8) is 0 Å². The van der Waals surface area contributed by atoms with Gasteiger partial charge in [0.25, 0.3) is 5.91 Å². The van der Waals surface area contributed by atoms with Gasteiger partial charge >= 0.3 is 0 Å². The Bertz CT molecular complexity index is 906. The monoisotopic (exact) mass is 367 g/mol. The lowest BCUT2D eigenvalue weighted by Gasteiger charge is -2.21. The predicted molar refractivity (Wildman–Crippen MR) is 101 cm³/mol. The molecule has 1 heterocycles. The summed E-state index contributed by atoms with van der Waals surface area (Å²) in [7, 11) is 0. The third kappa shape index (κ3) is 4.78. The predicted octanol–water partition coefficient (Wildman–Crippen LogP) is 4.28. The third-order valence-electron chi connectivity index (χ3n) is 4.23. The molecule has 0 fully saturated rings. The molecule has 0 atom stereocenters. The number of aromatic nitrogens is 2. The van der Waals surface area contributed by atoms with Gasteiger partial charge in [-0.25, -0.2) is 4.39 Å². The summed E-state index contributed by atoms with van der Waals surface area (Å²) in [6.45, 7) is 5.02. The Hall–Kier alpha value is -3.02. The molecule has 0 radical (unpaired) electrons. The second-order valence-electron chi connectivity index (χ2n) is 6.43. The summed E-state index contributed by atoms with van der Waals surface area (Å²) >= 11 is 0. The van der Waals surface area contributed by atoms with Crippen LogP contribution in [0.1, 0.15) is 35.2 Å². The molecule has 1 amide bonds. The topological polar surface area (TPSA) is 59.2 Å². The van der Waals surface area contributed by atoms with Crippen LogP contribution in [0.5, 0.6) is 0 Å². The molecule has 27 heavy (non-hydrogen) atoms. The summed E-state index contributed by atoms with van der Waals surface area (Å²) in [5.74, 6) is 0.383. The minimum atomic E-state index is -0.420. The van der Waals surface area contributed by atoms with Crippen LogP contribution in [0.25, 0.3) is 11.4 Å². The molecule has 0 unspecified atom stereocenters. The van der Waals surface area contributed by atoms with Crippen molar-refractivity contribution in [1.29, 1.82) is 0 Å². The van der Waals surface area contributed by atoms with Gasteiger partial charge < -0.3 is 9.42 Å². The molecule has 1 aromatic heterocycles. The molecule has 0 saturated carbocycles. The first-order valence-corrected chi connectivity index (χ1v) is 9.01. The number of amides is 1. The van der Waals surface area contributed by atoms with Gasteiger partial charge in [-0.05, 0) is 31.5 Å². The van der Waals surface area contributed by atoms with E-state index in [0.717, 1.165) is 17.5 Å². The van der Waals surface area contributed by atoms with E-state index in [9.17, 15) is 9.18 Å². The maximum atomic E-state index is 13.4. The molecule has 0 N–H and O–H groups in total. The second kappa shape index (κ2) is 8.58. The van der Waals surface area contributed by atoms with Crippen LogP contribution in [0.15, 0.2) is 53.1 Å². The molecule has 5 nitrogen and oxygen atoms in total. The number of rotatable bonds is 7. The summed E-state index contributed by atoms with van der Waals surface area (Å²) in [4.78, 5) is 18.8. The van der Waals surface area contributed by atoms with Crippen LogP contribution in [0.3, 0.4) is 0 Å². The van der Waals surface area contributed by atoms with E-state index in [1.165, 1.54) is 12.1 Å². The van der Waals surface area contributed by atoms with Gasteiger partial charge in [-0.2, -0.15) is 4.98 Å². The number of carbonyl (C=O) groups is 1. The highest BCUT2D eigenvalue weighted by molar-refractivity contribution is 5.94. The van der Waals surface area contributed by atoms with E-state index in [1.807, 2.05) is 38.1 Å². The van der Waals surface area contributed by atoms with Gasteiger partial charge in [-0.3, -0.25) is 4.79 Å². The lowest BCUT2D eigenvalue weighted by molar-refractivity contribution is 0.0753. The zero-order valence-electron chi connectivity index (χ0n) is 15.5. The number of hydrogen-bond donors (Lipinski definition) is 0. The van der Waals surface area contributed by atoms with E-state index in [-0.39, 0.29) is 5.91 Å². The Morgan fingerprint density at radius 3 is 2.63 bits per heavy atom. The van der Waals surface area contributed by atoms with Crippen molar-refractivity contribution in [3.05, 3.63) is 71.4 Å². The quantitative estimate of drug-likeness (QED) is 0.625. The highest BCUT2D eigenvalue weighted by Crippen LogP contribution is 2.17. The van der Waals surface area contributed by atoms with Crippen molar-refractivity contribution in [2.75, 3.05) is 13.1 Å². The average Bonchev–Trinajstić information content (AvgIpc) is 3.14. The molecule has 3 rings (SSSR count). The normalized spacial score (nSPS) is 10.8. The zero-order chi connectivity index (χ0) is 19.2. The van der Waals surface area contributed by atoms with E-state index in [0.29, 0.717) is 36.8 Å². The molecule has 0 aliphatic carbocycles. The summed E-state index contributed by atoms with van der Waals surface area (Å²) in [5, 5.41) is 4.02. The summed E-state index contributed by atoms with van der Waals surface area (Å²) in [5.41, 5.74) is 2.39. The molecule has 0 aliphatic heterocycles. The molecule has 140 valence electrons. The van der Waals surface area contributed by atoms with Crippen molar-refractivity contribution >= 4 is 5.91 Å². The van der Waals surface area contributed by atoms with Crippen LogP contribution in [-0.4, -0.2) is 34.0 Å². The molecular weight excluding hydrogens is 345 g/mol. The van der Waals surface area contributed by atoms with Gasteiger partial charge in [-0.15, -0.1) is 0 Å². The van der Waals surface area contributed by atoms with Crippen LogP contribution >= 0.6 is 0 Å². The van der Waals surface area contributed by atoms with Gasteiger partial charge in [0.1, 0.15) is 5.82 Å². The van der Waals surface area contributed by atoms with Crippen LogP contribution in [0, 0.1) is 12.7 Å².